The molecule has 2 aromatic carbocycles. The summed E-state index contributed by atoms with van der Waals surface area (Å²) in [4.78, 5) is 136. The first-order valence-electron chi connectivity index (χ1n) is 27.5. The van der Waals surface area contributed by atoms with Crippen LogP contribution in [0.2, 0.25) is 0 Å². The maximum atomic E-state index is 14.9. The van der Waals surface area contributed by atoms with Gasteiger partial charge in [-0.1, -0.05) is 109 Å². The molecule has 2 saturated heterocycles. The zero-order valence-corrected chi connectivity index (χ0v) is 47.9. The second kappa shape index (κ2) is 29.5. The molecule has 77 heavy (non-hydrogen) atoms. The number of piperidine rings is 1. The normalized spacial score (nSPS) is 27.6. The molecule has 426 valence electrons. The first kappa shape index (κ1) is 63.3. The fourth-order valence-corrected chi connectivity index (χ4v) is 10.6. The summed E-state index contributed by atoms with van der Waals surface area (Å²) in [5.41, 5.74) is 1.65. The highest BCUT2D eigenvalue weighted by molar-refractivity contribution is 5.97. The number of aliphatic hydroxyl groups excluding tert-OH is 1. The number of hydrogen-bond acceptors (Lipinski definition) is 11. The predicted molar refractivity (Wildman–Crippen MR) is 294 cm³/mol. The lowest BCUT2D eigenvalue weighted by Crippen LogP contribution is -2.63. The molecule has 2 aromatic rings. The Hall–Kier alpha value is -6.21. The minimum absolute atomic E-state index is 0.0226. The Balaban J connectivity index is 1.80. The molecule has 2 heterocycles. The third-order valence-electron chi connectivity index (χ3n) is 15.3. The van der Waals surface area contributed by atoms with Crippen LogP contribution in [-0.4, -0.2) is 185 Å². The first-order chi connectivity index (χ1) is 36.3. The van der Waals surface area contributed by atoms with Gasteiger partial charge in [0.15, 0.2) is 5.78 Å². The smallest absolute Gasteiger partial charge is 0.248 e. The van der Waals surface area contributed by atoms with E-state index in [0.717, 1.165) is 11.1 Å². The Labute approximate surface area is 457 Å². The van der Waals surface area contributed by atoms with E-state index >= 15 is 0 Å². The highest BCUT2D eigenvalue weighted by Crippen LogP contribution is 2.25. The number of nitrogens with zero attached hydrogens (tertiary/aromatic N) is 5. The Bertz CT molecular complexity index is 2330. The van der Waals surface area contributed by atoms with Gasteiger partial charge in [0, 0.05) is 72.5 Å². The van der Waals surface area contributed by atoms with Gasteiger partial charge in [-0.15, -0.1) is 0 Å². The second-order valence-corrected chi connectivity index (χ2v) is 22.5. The monoisotopic (exact) mass is 1070 g/mol. The largest absolute Gasteiger partial charge is 0.394 e. The predicted octanol–water partition coefficient (Wildman–Crippen LogP) is 2.96. The topological polar surface area (TPSA) is 238 Å². The minimum Gasteiger partial charge on any atom is -0.394 e. The number of benzene rings is 2. The van der Waals surface area contributed by atoms with E-state index in [9.17, 15) is 48.3 Å². The average molecular weight is 1070 g/mol. The van der Waals surface area contributed by atoms with Crippen molar-refractivity contribution in [2.45, 2.75) is 168 Å². The van der Waals surface area contributed by atoms with E-state index < -0.39 is 126 Å². The highest BCUT2D eigenvalue weighted by atomic mass is 16.3. The van der Waals surface area contributed by atoms with Crippen LogP contribution in [0.25, 0.3) is 0 Å². The van der Waals surface area contributed by atoms with E-state index in [4.69, 9.17) is 0 Å². The number of carbonyl (C=O) groups excluding carboxylic acids is 9. The van der Waals surface area contributed by atoms with Gasteiger partial charge in [-0.3, -0.25) is 43.2 Å². The number of ketones is 1. The Morgan fingerprint density at radius 3 is 1.77 bits per heavy atom. The molecule has 0 aliphatic carbocycles. The number of aliphatic hydroxyl groups is 1. The van der Waals surface area contributed by atoms with Crippen LogP contribution in [0.1, 0.15) is 112 Å². The molecule has 2 fully saturated rings. The molecule has 10 unspecified atom stereocenters. The molecule has 0 bridgehead atoms. The van der Waals surface area contributed by atoms with Gasteiger partial charge in [0.1, 0.15) is 30.2 Å². The number of hydrogen-bond donors (Lipinski definition) is 5. The molecule has 4 rings (SSSR count). The van der Waals surface area contributed by atoms with E-state index in [1.165, 1.54) is 40.7 Å². The van der Waals surface area contributed by atoms with Crippen molar-refractivity contribution >= 4 is 53.0 Å². The fourth-order valence-electron chi connectivity index (χ4n) is 10.6. The molecule has 0 radical (unpaired) electrons. The summed E-state index contributed by atoms with van der Waals surface area (Å²) in [6, 6.07) is 9.93. The quantitative estimate of drug-likeness (QED) is 0.245. The van der Waals surface area contributed by atoms with E-state index in [1.807, 2.05) is 81.4 Å². The molecule has 0 aromatic heterocycles. The molecule has 0 spiro atoms. The lowest BCUT2D eigenvalue weighted by Gasteiger charge is -2.42. The number of carbonyl (C=O) groups is 9. The van der Waals surface area contributed by atoms with Gasteiger partial charge in [-0.05, 0) is 74.8 Å². The van der Waals surface area contributed by atoms with Gasteiger partial charge in [0.25, 0.3) is 0 Å². The number of rotatable bonds is 9. The highest BCUT2D eigenvalue weighted by Gasteiger charge is 2.43. The summed E-state index contributed by atoms with van der Waals surface area (Å²) < 4.78 is 0. The molecule has 19 nitrogen and oxygen atoms in total. The lowest BCUT2D eigenvalue weighted by molar-refractivity contribution is -0.156. The van der Waals surface area contributed by atoms with Crippen molar-refractivity contribution in [2.75, 3.05) is 47.9 Å². The van der Waals surface area contributed by atoms with Gasteiger partial charge >= 0.3 is 0 Å². The second-order valence-electron chi connectivity index (χ2n) is 22.5. The van der Waals surface area contributed by atoms with Gasteiger partial charge in [0.05, 0.1) is 24.7 Å². The maximum Gasteiger partial charge on any atom is 0.248 e. The molecule has 10 atom stereocenters. The molecular weight excluding hydrogens is 983 g/mol. The standard InChI is InChI=1S/C58H89N9O10/c1-35(2)30-43-56(75)65(12)47(34-68)58(77)67-29-21-20-26-44(67)57(76)64(11)46(33-42-24-18-15-19-25-42)53(72)62-50(36(3)4)48(69)31-38(7)52(71)59-28-27-49(70)66(13)51(37(5)6)54(73)61-40(9)55(74)63(10)45(39(8)60-43)32-41-22-16-14-17-23-41/h14-19,22-25,35-40,43-47,50-51,60,68H,20-21,26-34H2,1-13H3,(H,59,71)(H,61,73)(H,62,72). The van der Waals surface area contributed by atoms with Crippen LogP contribution in [0.5, 0.6) is 0 Å². The molecule has 2 aliphatic heterocycles. The molecule has 5 N–H and O–H groups in total. The van der Waals surface area contributed by atoms with Crippen LogP contribution in [-0.2, 0) is 56.0 Å². The van der Waals surface area contributed by atoms with Crippen molar-refractivity contribution in [3.05, 3.63) is 71.8 Å². The Kier molecular flexibility index (Phi) is 24.3. The Morgan fingerprint density at radius 1 is 0.623 bits per heavy atom. The molecule has 2 aliphatic rings. The number of nitrogens with one attached hydrogen (secondary N) is 4. The summed E-state index contributed by atoms with van der Waals surface area (Å²) in [5, 5.41) is 23.0. The third kappa shape index (κ3) is 17.1. The SMILES string of the molecule is CC(C)CC1NC(C)C(Cc2ccccc2)N(C)C(=O)C(C)NC(=O)C(C(C)C)N(C)C(=O)CCNC(=O)C(C)CC(=O)C(C(C)C)NC(=O)C(Cc2ccccc2)N(C)C(=O)C2CCCCN2C(=O)C(CO)N(C)C1=O. The van der Waals surface area contributed by atoms with Crippen LogP contribution in [0.15, 0.2) is 60.7 Å². The van der Waals surface area contributed by atoms with Crippen LogP contribution < -0.4 is 21.3 Å². The summed E-state index contributed by atoms with van der Waals surface area (Å²) in [7, 11) is 6.08. The van der Waals surface area contributed by atoms with Crippen molar-refractivity contribution in [3.8, 4) is 0 Å². The van der Waals surface area contributed by atoms with Crippen molar-refractivity contribution < 1.29 is 48.3 Å². The Morgan fingerprint density at radius 2 is 1.21 bits per heavy atom. The number of amides is 8. The zero-order valence-electron chi connectivity index (χ0n) is 47.9. The molecule has 19 heteroatoms. The summed E-state index contributed by atoms with van der Waals surface area (Å²) in [6.07, 6.45) is 1.74. The average Bonchev–Trinajstić information content (AvgIpc) is 3.39. The lowest BCUT2D eigenvalue weighted by atomic mass is 9.92. The van der Waals surface area contributed by atoms with Crippen LogP contribution in [0.4, 0.5) is 0 Å². The molecule has 8 amide bonds. The number of likely N-dealkylation sites (N-methyl/N-ethyl adjacent to an activating group) is 4. The van der Waals surface area contributed by atoms with E-state index in [0.29, 0.717) is 25.7 Å². The van der Waals surface area contributed by atoms with Crippen LogP contribution in [0, 0.1) is 23.7 Å². The van der Waals surface area contributed by atoms with Gasteiger partial charge in [0.2, 0.25) is 47.3 Å². The molecular formula is C58H89N9O10. The van der Waals surface area contributed by atoms with Crippen LogP contribution >= 0.6 is 0 Å². The van der Waals surface area contributed by atoms with Crippen molar-refractivity contribution in [2.24, 2.45) is 23.7 Å². The summed E-state index contributed by atoms with van der Waals surface area (Å²) >= 11 is 0. The van der Waals surface area contributed by atoms with Gasteiger partial charge in [-0.25, -0.2) is 0 Å². The van der Waals surface area contributed by atoms with Crippen molar-refractivity contribution in [1.82, 2.24) is 45.8 Å². The van der Waals surface area contributed by atoms with Gasteiger partial charge in [-0.2, -0.15) is 0 Å². The van der Waals surface area contributed by atoms with Crippen LogP contribution in [0.3, 0.4) is 0 Å². The van der Waals surface area contributed by atoms with Gasteiger partial charge < -0.3 is 50.9 Å². The van der Waals surface area contributed by atoms with Crippen molar-refractivity contribution in [3.63, 3.8) is 0 Å². The van der Waals surface area contributed by atoms with E-state index in [-0.39, 0.29) is 50.6 Å². The summed E-state index contributed by atoms with van der Waals surface area (Å²) in [5.74, 6) is -6.24. The summed E-state index contributed by atoms with van der Waals surface area (Å²) in [6.45, 7) is 15.4. The third-order valence-corrected chi connectivity index (χ3v) is 15.3. The van der Waals surface area contributed by atoms with E-state index in [1.54, 1.807) is 53.5 Å². The minimum atomic E-state index is -1.39. The zero-order chi connectivity index (χ0) is 57.4. The van der Waals surface area contributed by atoms with E-state index in [2.05, 4.69) is 21.3 Å². The molecule has 0 saturated carbocycles. The maximum absolute atomic E-state index is 14.9. The fraction of sp³-hybridized carbons (Fsp3) is 0.638. The number of fused-ring (bicyclic) bond motifs is 1. The van der Waals surface area contributed by atoms with Crippen molar-refractivity contribution in [1.29, 1.82) is 0 Å². The number of Topliss-reactive ketones (excluding diaryl/α,β-unsaturated/α-hetero) is 1. The first-order valence-corrected chi connectivity index (χ1v) is 27.5.